The van der Waals surface area contributed by atoms with Gasteiger partial charge in [0.25, 0.3) is 11.8 Å². The first kappa shape index (κ1) is 26.1. The number of nitrogens with one attached hydrogen (secondary N) is 1. The van der Waals surface area contributed by atoms with Crippen LogP contribution in [0.1, 0.15) is 46.4 Å². The van der Waals surface area contributed by atoms with Crippen molar-refractivity contribution in [3.8, 4) is 0 Å². The van der Waals surface area contributed by atoms with Gasteiger partial charge in [-0.3, -0.25) is 34.3 Å². The molecule has 0 saturated carbocycles. The van der Waals surface area contributed by atoms with Gasteiger partial charge in [-0.15, -0.1) is 24.8 Å². The highest BCUT2D eigenvalue weighted by atomic mass is 35.5. The highest BCUT2D eigenvalue weighted by Gasteiger charge is 2.44. The predicted octanol–water partition coefficient (Wildman–Crippen LogP) is 0.792. The van der Waals surface area contributed by atoms with Crippen molar-refractivity contribution in [1.29, 1.82) is 0 Å². The Morgan fingerprint density at radius 1 is 0.938 bits per heavy atom. The minimum atomic E-state index is -0.935. The second-order valence-electron chi connectivity index (χ2n) is 8.00. The molecule has 1 atom stereocenters. The molecule has 32 heavy (non-hydrogen) atoms. The number of piperazine rings is 1. The number of imide groups is 2. The van der Waals surface area contributed by atoms with Crippen LogP contribution in [0.4, 0.5) is 5.69 Å². The van der Waals surface area contributed by atoms with E-state index in [9.17, 15) is 19.2 Å². The molecule has 3 aliphatic rings. The summed E-state index contributed by atoms with van der Waals surface area (Å²) in [5.41, 5.74) is 7.10. The molecule has 1 aromatic carbocycles. The first-order valence-corrected chi connectivity index (χ1v) is 10.5. The lowest BCUT2D eigenvalue weighted by atomic mass is 10.0. The molecule has 176 valence electrons. The van der Waals surface area contributed by atoms with Gasteiger partial charge in [-0.05, 0) is 50.6 Å². The van der Waals surface area contributed by atoms with Gasteiger partial charge in [-0.1, -0.05) is 0 Å². The summed E-state index contributed by atoms with van der Waals surface area (Å²) in [6, 6.07) is 4.36. The van der Waals surface area contributed by atoms with E-state index in [4.69, 9.17) is 5.73 Å². The standard InChI is InChI=1S/C21H27N5O4.2ClH/c22-7-1-2-8-24-9-11-25(12-10-24)14-3-4-15-16(13-14)21(30)26(20(15)29)17-5-6-18(27)23-19(17)28;;/h3-4,13,17H,1-2,5-12,22H2,(H,23,27,28);2*1H. The van der Waals surface area contributed by atoms with Gasteiger partial charge >= 0.3 is 0 Å². The molecule has 4 amide bonds. The molecule has 0 aliphatic carbocycles. The first-order valence-electron chi connectivity index (χ1n) is 10.5. The summed E-state index contributed by atoms with van der Waals surface area (Å²) >= 11 is 0. The number of hydrogen-bond acceptors (Lipinski definition) is 7. The number of halogens is 2. The maximum absolute atomic E-state index is 13.0. The van der Waals surface area contributed by atoms with Crippen molar-refractivity contribution in [3.63, 3.8) is 0 Å². The number of fused-ring (bicyclic) bond motifs is 1. The topological polar surface area (TPSA) is 116 Å². The summed E-state index contributed by atoms with van der Waals surface area (Å²) in [5, 5.41) is 2.22. The van der Waals surface area contributed by atoms with E-state index >= 15 is 0 Å². The van der Waals surface area contributed by atoms with Crippen LogP contribution in [-0.4, -0.2) is 78.7 Å². The Bertz CT molecular complexity index is 889. The molecule has 0 bridgehead atoms. The molecule has 0 radical (unpaired) electrons. The SMILES string of the molecule is Cl.Cl.NCCCCN1CCN(c2ccc3c(c2)C(=O)N(C2CCC(=O)NC2=O)C3=O)CC1. The third-order valence-electron chi connectivity index (χ3n) is 6.09. The number of nitrogens with two attached hydrogens (primary N) is 1. The van der Waals surface area contributed by atoms with E-state index in [1.807, 2.05) is 6.07 Å². The van der Waals surface area contributed by atoms with Gasteiger partial charge in [-0.25, -0.2) is 0 Å². The molecule has 0 aromatic heterocycles. The molecule has 3 aliphatic heterocycles. The normalized spacial score (nSPS) is 21.1. The van der Waals surface area contributed by atoms with Crippen LogP contribution >= 0.6 is 24.8 Å². The quantitative estimate of drug-likeness (QED) is 0.451. The lowest BCUT2D eigenvalue weighted by Crippen LogP contribution is -2.54. The zero-order valence-electron chi connectivity index (χ0n) is 17.7. The second kappa shape index (κ2) is 11.1. The monoisotopic (exact) mass is 485 g/mol. The van der Waals surface area contributed by atoms with Crippen molar-refractivity contribution in [3.05, 3.63) is 29.3 Å². The Morgan fingerprint density at radius 3 is 2.28 bits per heavy atom. The van der Waals surface area contributed by atoms with Crippen molar-refractivity contribution in [2.75, 3.05) is 44.2 Å². The molecule has 1 unspecified atom stereocenters. The molecule has 4 rings (SSSR count). The second-order valence-corrected chi connectivity index (χ2v) is 8.00. The summed E-state index contributed by atoms with van der Waals surface area (Å²) in [6.07, 6.45) is 2.41. The average molecular weight is 486 g/mol. The largest absolute Gasteiger partial charge is 0.369 e. The minimum absolute atomic E-state index is 0. The van der Waals surface area contributed by atoms with Crippen LogP contribution in [0.2, 0.25) is 0 Å². The van der Waals surface area contributed by atoms with Crippen molar-refractivity contribution in [2.45, 2.75) is 31.7 Å². The summed E-state index contributed by atoms with van der Waals surface area (Å²) in [5.74, 6) is -1.91. The number of piperidine rings is 1. The van der Waals surface area contributed by atoms with E-state index in [0.717, 1.165) is 62.7 Å². The van der Waals surface area contributed by atoms with Crippen LogP contribution in [0.15, 0.2) is 18.2 Å². The molecule has 2 saturated heterocycles. The van der Waals surface area contributed by atoms with Crippen LogP contribution < -0.4 is 16.0 Å². The predicted molar refractivity (Wildman–Crippen MR) is 125 cm³/mol. The Balaban J connectivity index is 0.00000181. The van der Waals surface area contributed by atoms with E-state index in [-0.39, 0.29) is 43.6 Å². The number of nitrogens with zero attached hydrogens (tertiary/aromatic N) is 3. The number of benzene rings is 1. The summed E-state index contributed by atoms with van der Waals surface area (Å²) in [6.45, 7) is 5.34. The highest BCUT2D eigenvalue weighted by Crippen LogP contribution is 2.31. The van der Waals surface area contributed by atoms with Crippen LogP contribution in [0.3, 0.4) is 0 Å². The first-order chi connectivity index (χ1) is 14.5. The molecule has 2 fully saturated rings. The van der Waals surface area contributed by atoms with E-state index < -0.39 is 23.8 Å². The van der Waals surface area contributed by atoms with Gasteiger partial charge in [0, 0.05) is 38.3 Å². The Hall–Kier alpha value is -2.20. The van der Waals surface area contributed by atoms with Gasteiger partial charge in [0.1, 0.15) is 6.04 Å². The lowest BCUT2D eigenvalue weighted by Gasteiger charge is -2.36. The molecule has 9 nitrogen and oxygen atoms in total. The number of amides is 4. The number of carbonyl (C=O) groups excluding carboxylic acids is 4. The fourth-order valence-corrected chi connectivity index (χ4v) is 4.37. The Kier molecular flexibility index (Phi) is 9.03. The number of rotatable bonds is 6. The van der Waals surface area contributed by atoms with E-state index in [1.54, 1.807) is 12.1 Å². The molecule has 0 spiro atoms. The van der Waals surface area contributed by atoms with Crippen molar-refractivity contribution < 1.29 is 19.2 Å². The van der Waals surface area contributed by atoms with Gasteiger partial charge in [0.15, 0.2) is 0 Å². The lowest BCUT2D eigenvalue weighted by molar-refractivity contribution is -0.136. The molecule has 11 heteroatoms. The molecular formula is C21H29Cl2N5O4. The van der Waals surface area contributed by atoms with E-state index in [0.29, 0.717) is 11.1 Å². The summed E-state index contributed by atoms with van der Waals surface area (Å²) < 4.78 is 0. The molecule has 3 N–H and O–H groups in total. The fourth-order valence-electron chi connectivity index (χ4n) is 4.37. The zero-order chi connectivity index (χ0) is 21.3. The van der Waals surface area contributed by atoms with Crippen molar-refractivity contribution >= 4 is 54.1 Å². The van der Waals surface area contributed by atoms with Gasteiger partial charge in [0.05, 0.1) is 11.1 Å². The Morgan fingerprint density at radius 2 is 1.62 bits per heavy atom. The summed E-state index contributed by atoms with van der Waals surface area (Å²) in [7, 11) is 0. The van der Waals surface area contributed by atoms with E-state index in [1.165, 1.54) is 0 Å². The zero-order valence-corrected chi connectivity index (χ0v) is 19.4. The molecule has 3 heterocycles. The van der Waals surface area contributed by atoms with Crippen LogP contribution in [0.25, 0.3) is 0 Å². The van der Waals surface area contributed by atoms with Gasteiger partial charge < -0.3 is 10.6 Å². The Labute approximate surface area is 199 Å². The maximum Gasteiger partial charge on any atom is 0.262 e. The van der Waals surface area contributed by atoms with Crippen molar-refractivity contribution in [1.82, 2.24) is 15.1 Å². The molecular weight excluding hydrogens is 457 g/mol. The van der Waals surface area contributed by atoms with Gasteiger partial charge in [-0.2, -0.15) is 0 Å². The van der Waals surface area contributed by atoms with Crippen LogP contribution in [-0.2, 0) is 9.59 Å². The smallest absolute Gasteiger partial charge is 0.262 e. The third-order valence-corrected chi connectivity index (χ3v) is 6.09. The number of unbranched alkanes of at least 4 members (excludes halogenated alkanes) is 1. The average Bonchev–Trinajstić information content (AvgIpc) is 2.99. The summed E-state index contributed by atoms with van der Waals surface area (Å²) in [4.78, 5) is 55.0. The molecule has 1 aromatic rings. The number of hydrogen-bond donors (Lipinski definition) is 2. The van der Waals surface area contributed by atoms with Crippen LogP contribution in [0, 0.1) is 0 Å². The van der Waals surface area contributed by atoms with Crippen LogP contribution in [0.5, 0.6) is 0 Å². The minimum Gasteiger partial charge on any atom is -0.369 e. The third kappa shape index (κ3) is 5.06. The van der Waals surface area contributed by atoms with Crippen molar-refractivity contribution in [2.24, 2.45) is 5.73 Å². The van der Waals surface area contributed by atoms with Gasteiger partial charge in [0.2, 0.25) is 11.8 Å². The maximum atomic E-state index is 13.0. The highest BCUT2D eigenvalue weighted by molar-refractivity contribution is 6.23. The van der Waals surface area contributed by atoms with E-state index in [2.05, 4.69) is 15.1 Å². The number of carbonyl (C=O) groups is 4. The number of anilines is 1. The fraction of sp³-hybridized carbons (Fsp3) is 0.524.